The van der Waals surface area contributed by atoms with Gasteiger partial charge in [-0.2, -0.15) is 0 Å². The van der Waals surface area contributed by atoms with Gasteiger partial charge in [-0.25, -0.2) is 0 Å². The molecule has 0 saturated carbocycles. The van der Waals surface area contributed by atoms with E-state index in [2.05, 4.69) is 0 Å². The van der Waals surface area contributed by atoms with E-state index in [0.717, 1.165) is 0 Å². The fourth-order valence-corrected chi connectivity index (χ4v) is 5.68. The predicted octanol–water partition coefficient (Wildman–Crippen LogP) is 4.98. The van der Waals surface area contributed by atoms with Crippen LogP contribution in [-0.2, 0) is 4.57 Å². The zero-order valence-electron chi connectivity index (χ0n) is 13.5. The zero-order valence-corrected chi connectivity index (χ0v) is 15.1. The van der Waals surface area contributed by atoms with E-state index in [0.29, 0.717) is 17.5 Å². The lowest BCUT2D eigenvalue weighted by Gasteiger charge is -2.24. The van der Waals surface area contributed by atoms with Gasteiger partial charge in [0.05, 0.1) is 17.7 Å². The van der Waals surface area contributed by atoms with Crippen LogP contribution in [0.4, 0.5) is 0 Å². The Hall–Kier alpha value is -1.57. The van der Waals surface area contributed by atoms with Crippen LogP contribution in [0.1, 0.15) is 30.6 Å². The molecule has 23 heavy (non-hydrogen) atoms. The van der Waals surface area contributed by atoms with Crippen molar-refractivity contribution in [3.8, 4) is 5.75 Å². The fraction of sp³-hybridized carbons (Fsp3) is 0.278. The van der Waals surface area contributed by atoms with E-state index in [1.54, 1.807) is 42.5 Å². The third-order valence-electron chi connectivity index (χ3n) is 4.06. The molecule has 0 aliphatic heterocycles. The Morgan fingerprint density at radius 3 is 2.39 bits per heavy atom. The fourth-order valence-electron chi connectivity index (χ4n) is 2.53. The number of hydrogen-bond donors (Lipinski definition) is 0. The number of carbonyl (C=O) groups excluding carboxylic acids is 1. The second-order valence-corrected chi connectivity index (χ2v) is 8.90. The van der Waals surface area contributed by atoms with Crippen LogP contribution >= 0.6 is 18.7 Å². The molecule has 5 heteroatoms. The molecular formula is C18H20ClO3P. The zero-order chi connectivity index (χ0) is 17.0. The largest absolute Gasteiger partial charge is 0.496 e. The van der Waals surface area contributed by atoms with Gasteiger partial charge in [-0.15, -0.1) is 0 Å². The summed E-state index contributed by atoms with van der Waals surface area (Å²) in [4.78, 5) is 13.2. The number of hydrogen-bond acceptors (Lipinski definition) is 3. The molecule has 2 aromatic carbocycles. The maximum absolute atomic E-state index is 13.8. The maximum atomic E-state index is 13.8. The van der Waals surface area contributed by atoms with Crippen LogP contribution in [0.3, 0.4) is 0 Å². The van der Waals surface area contributed by atoms with Gasteiger partial charge in [0.1, 0.15) is 5.75 Å². The van der Waals surface area contributed by atoms with Gasteiger partial charge in [-0.05, 0) is 18.6 Å². The van der Waals surface area contributed by atoms with Crippen molar-refractivity contribution < 1.29 is 14.1 Å². The van der Waals surface area contributed by atoms with Crippen LogP contribution in [0.5, 0.6) is 5.75 Å². The van der Waals surface area contributed by atoms with Crippen LogP contribution in [0.25, 0.3) is 0 Å². The third-order valence-corrected chi connectivity index (χ3v) is 7.88. The highest BCUT2D eigenvalue weighted by Gasteiger charge is 2.41. The average molecular weight is 351 g/mol. The first kappa shape index (κ1) is 17.8. The summed E-state index contributed by atoms with van der Waals surface area (Å²) in [5, 5.41) is 0.815. The summed E-state index contributed by atoms with van der Waals surface area (Å²) >= 11 is 6.22. The number of benzene rings is 2. The molecule has 0 heterocycles. The Morgan fingerprint density at radius 1 is 1.17 bits per heavy atom. The first-order chi connectivity index (χ1) is 11.0. The Balaban J connectivity index is 2.67. The Bertz CT molecular complexity index is 743. The normalized spacial score (nSPS) is 14.8. The predicted molar refractivity (Wildman–Crippen MR) is 95.8 cm³/mol. The first-order valence-corrected chi connectivity index (χ1v) is 9.64. The molecular weight excluding hydrogens is 331 g/mol. The van der Waals surface area contributed by atoms with Gasteiger partial charge in [0.25, 0.3) is 0 Å². The van der Waals surface area contributed by atoms with Gasteiger partial charge in [-0.3, -0.25) is 4.79 Å². The van der Waals surface area contributed by atoms with Gasteiger partial charge in [0.2, 0.25) is 5.52 Å². The molecule has 0 N–H and O–H groups in total. The van der Waals surface area contributed by atoms with E-state index in [4.69, 9.17) is 16.3 Å². The monoisotopic (exact) mass is 350 g/mol. The van der Waals surface area contributed by atoms with Crippen molar-refractivity contribution >= 4 is 29.6 Å². The molecule has 0 fully saturated rings. The Labute approximate surface area is 142 Å². The van der Waals surface area contributed by atoms with Crippen molar-refractivity contribution in [1.82, 2.24) is 0 Å². The number of methoxy groups -OCH3 is 1. The van der Waals surface area contributed by atoms with Gasteiger partial charge in [0, 0.05) is 11.0 Å². The Kier molecular flexibility index (Phi) is 5.67. The van der Waals surface area contributed by atoms with E-state index in [-0.39, 0.29) is 16.2 Å². The molecule has 0 bridgehead atoms. The topological polar surface area (TPSA) is 43.4 Å². The molecule has 0 saturated heterocycles. The van der Waals surface area contributed by atoms with Crippen LogP contribution in [0, 0.1) is 0 Å². The standard InChI is InChI=1S/C18H20ClO3P/c1-4-13(2)23(21,14-9-6-5-7-10-14)18(20)17-15(19)11-8-12-16(17)22-3/h5-13H,4H2,1-3H3. The quantitative estimate of drug-likeness (QED) is 0.690. The Morgan fingerprint density at radius 2 is 1.83 bits per heavy atom. The summed E-state index contributed by atoms with van der Waals surface area (Å²) < 4.78 is 19.1. The first-order valence-electron chi connectivity index (χ1n) is 7.49. The lowest BCUT2D eigenvalue weighted by molar-refractivity contribution is 0.107. The SMILES string of the molecule is CCC(C)P(=O)(C(=O)c1c(Cl)cccc1OC)c1ccccc1. The van der Waals surface area contributed by atoms with Crippen molar-refractivity contribution in [3.63, 3.8) is 0 Å². The minimum absolute atomic E-state index is 0.198. The molecule has 0 aromatic heterocycles. The molecule has 2 unspecified atom stereocenters. The highest BCUT2D eigenvalue weighted by atomic mass is 35.5. The number of rotatable bonds is 6. The van der Waals surface area contributed by atoms with Crippen LogP contribution in [0.2, 0.25) is 5.02 Å². The lowest BCUT2D eigenvalue weighted by Crippen LogP contribution is -2.22. The van der Waals surface area contributed by atoms with Crippen molar-refractivity contribution in [2.75, 3.05) is 7.11 Å². The molecule has 0 spiro atoms. The molecule has 0 radical (unpaired) electrons. The smallest absolute Gasteiger partial charge is 0.231 e. The third kappa shape index (κ3) is 3.22. The van der Waals surface area contributed by atoms with Crippen LogP contribution in [-0.4, -0.2) is 18.3 Å². The van der Waals surface area contributed by atoms with Crippen molar-refractivity contribution in [2.24, 2.45) is 0 Å². The highest BCUT2D eigenvalue weighted by molar-refractivity contribution is 7.88. The second kappa shape index (κ2) is 7.33. The van der Waals surface area contributed by atoms with E-state index in [1.807, 2.05) is 19.9 Å². The van der Waals surface area contributed by atoms with E-state index >= 15 is 0 Å². The van der Waals surface area contributed by atoms with Crippen LogP contribution < -0.4 is 10.0 Å². The number of halogens is 1. The highest BCUT2D eigenvalue weighted by Crippen LogP contribution is 2.55. The number of ether oxygens (including phenoxy) is 1. The van der Waals surface area contributed by atoms with Gasteiger partial charge in [0.15, 0.2) is 7.14 Å². The minimum Gasteiger partial charge on any atom is -0.496 e. The second-order valence-electron chi connectivity index (χ2n) is 5.37. The molecule has 0 aliphatic rings. The van der Waals surface area contributed by atoms with Crippen molar-refractivity contribution in [3.05, 3.63) is 59.1 Å². The molecule has 0 amide bonds. The summed E-state index contributed by atoms with van der Waals surface area (Å²) in [7, 11) is -1.87. The average Bonchev–Trinajstić information content (AvgIpc) is 2.60. The molecule has 2 aromatic rings. The molecule has 3 nitrogen and oxygen atoms in total. The van der Waals surface area contributed by atoms with Crippen LogP contribution in [0.15, 0.2) is 48.5 Å². The maximum Gasteiger partial charge on any atom is 0.231 e. The van der Waals surface area contributed by atoms with Crippen molar-refractivity contribution in [2.45, 2.75) is 25.9 Å². The van der Waals surface area contributed by atoms with E-state index in [1.165, 1.54) is 7.11 Å². The molecule has 0 aliphatic carbocycles. The number of carbonyl (C=O) groups is 1. The molecule has 2 atom stereocenters. The summed E-state index contributed by atoms with van der Waals surface area (Å²) in [5.74, 6) is 0.349. The van der Waals surface area contributed by atoms with E-state index < -0.39 is 12.7 Å². The summed E-state index contributed by atoms with van der Waals surface area (Å²) in [5.41, 5.74) is -0.525. The lowest BCUT2D eigenvalue weighted by atomic mass is 10.2. The summed E-state index contributed by atoms with van der Waals surface area (Å²) in [6.45, 7) is 3.77. The van der Waals surface area contributed by atoms with E-state index in [9.17, 15) is 9.36 Å². The minimum atomic E-state index is -3.35. The van der Waals surface area contributed by atoms with Gasteiger partial charge in [-0.1, -0.05) is 61.8 Å². The molecule has 2 rings (SSSR count). The summed E-state index contributed by atoms with van der Waals surface area (Å²) in [6, 6.07) is 13.9. The van der Waals surface area contributed by atoms with Gasteiger partial charge < -0.3 is 9.30 Å². The van der Waals surface area contributed by atoms with Gasteiger partial charge >= 0.3 is 0 Å². The van der Waals surface area contributed by atoms with Crippen molar-refractivity contribution in [1.29, 1.82) is 0 Å². The summed E-state index contributed by atoms with van der Waals surface area (Å²) in [6.07, 6.45) is 0.630. The molecule has 122 valence electrons.